The molecule has 2 saturated heterocycles. The second-order valence-electron chi connectivity index (χ2n) is 6.69. The third kappa shape index (κ3) is 3.80. The molecule has 0 N–H and O–H groups in total. The molecule has 116 valence electrons. The lowest BCUT2D eigenvalue weighted by Crippen LogP contribution is -2.35. The minimum atomic E-state index is 0.691. The van der Waals surface area contributed by atoms with Crippen molar-refractivity contribution >= 4 is 11.6 Å². The molecule has 0 aliphatic carbocycles. The quantitative estimate of drug-likeness (QED) is 0.816. The largest absolute Gasteiger partial charge is 0.303 e. The van der Waals surface area contributed by atoms with E-state index in [9.17, 15) is 0 Å². The van der Waals surface area contributed by atoms with Gasteiger partial charge in [-0.15, -0.1) is 0 Å². The molecule has 0 aromatic heterocycles. The lowest BCUT2D eigenvalue weighted by Gasteiger charge is -2.28. The van der Waals surface area contributed by atoms with E-state index in [1.165, 1.54) is 57.3 Å². The van der Waals surface area contributed by atoms with Crippen molar-refractivity contribution in [3.63, 3.8) is 0 Å². The number of benzene rings is 1. The zero-order chi connectivity index (χ0) is 14.7. The summed E-state index contributed by atoms with van der Waals surface area (Å²) in [5.41, 5.74) is 1.31. The van der Waals surface area contributed by atoms with Gasteiger partial charge in [-0.05, 0) is 76.8 Å². The van der Waals surface area contributed by atoms with Crippen molar-refractivity contribution in [2.45, 2.75) is 50.6 Å². The molecule has 21 heavy (non-hydrogen) atoms. The summed E-state index contributed by atoms with van der Waals surface area (Å²) in [6, 6.07) is 9.83. The van der Waals surface area contributed by atoms with E-state index < -0.39 is 0 Å². The van der Waals surface area contributed by atoms with E-state index in [2.05, 4.69) is 29.0 Å². The van der Waals surface area contributed by atoms with E-state index in [0.29, 0.717) is 6.04 Å². The Bertz CT molecular complexity index is 462. The lowest BCUT2D eigenvalue weighted by molar-refractivity contribution is 0.210. The monoisotopic (exact) mass is 306 g/mol. The van der Waals surface area contributed by atoms with E-state index >= 15 is 0 Å². The average Bonchev–Trinajstić information content (AvgIpc) is 3.08. The molecule has 0 saturated carbocycles. The van der Waals surface area contributed by atoms with Crippen LogP contribution in [0.3, 0.4) is 0 Å². The Balaban J connectivity index is 1.54. The summed E-state index contributed by atoms with van der Waals surface area (Å²) in [4.78, 5) is 5.24. The number of rotatable bonds is 5. The fourth-order valence-corrected chi connectivity index (χ4v) is 4.21. The number of nitrogens with zero attached hydrogens (tertiary/aromatic N) is 2. The van der Waals surface area contributed by atoms with Crippen LogP contribution in [-0.4, -0.2) is 48.6 Å². The average molecular weight is 307 g/mol. The predicted octanol–water partition coefficient (Wildman–Crippen LogP) is 3.83. The predicted molar refractivity (Wildman–Crippen MR) is 90.0 cm³/mol. The van der Waals surface area contributed by atoms with Gasteiger partial charge in [0.05, 0.1) is 0 Å². The van der Waals surface area contributed by atoms with E-state index in [-0.39, 0.29) is 0 Å². The number of hydrogen-bond acceptors (Lipinski definition) is 2. The van der Waals surface area contributed by atoms with E-state index in [1.807, 2.05) is 12.1 Å². The van der Waals surface area contributed by atoms with E-state index in [0.717, 1.165) is 17.5 Å². The topological polar surface area (TPSA) is 6.48 Å². The van der Waals surface area contributed by atoms with Gasteiger partial charge in [0.15, 0.2) is 0 Å². The Hall–Kier alpha value is -0.570. The van der Waals surface area contributed by atoms with Gasteiger partial charge >= 0.3 is 0 Å². The SMILES string of the molecule is CN1CCC[C@H]1CCN1CCC[C@@H]1Cc1ccccc1Cl. The maximum Gasteiger partial charge on any atom is 0.0438 e. The minimum absolute atomic E-state index is 0.691. The van der Waals surface area contributed by atoms with Crippen molar-refractivity contribution in [1.82, 2.24) is 9.80 Å². The Morgan fingerprint density at radius 2 is 1.86 bits per heavy atom. The summed E-state index contributed by atoms with van der Waals surface area (Å²) in [6.07, 6.45) is 7.88. The molecule has 0 unspecified atom stereocenters. The molecule has 2 heterocycles. The van der Waals surface area contributed by atoms with Crippen LogP contribution in [0.4, 0.5) is 0 Å². The molecule has 0 bridgehead atoms. The molecule has 2 fully saturated rings. The van der Waals surface area contributed by atoms with Crippen LogP contribution in [-0.2, 0) is 6.42 Å². The van der Waals surface area contributed by atoms with Crippen LogP contribution >= 0.6 is 11.6 Å². The number of likely N-dealkylation sites (tertiary alicyclic amines) is 2. The fraction of sp³-hybridized carbons (Fsp3) is 0.667. The molecule has 2 aliphatic rings. The summed E-state index contributed by atoms with van der Waals surface area (Å²) in [5.74, 6) is 0. The highest BCUT2D eigenvalue weighted by molar-refractivity contribution is 6.31. The molecule has 3 rings (SSSR count). The Morgan fingerprint density at radius 3 is 2.62 bits per heavy atom. The molecule has 1 aromatic rings. The van der Waals surface area contributed by atoms with Gasteiger partial charge in [0.25, 0.3) is 0 Å². The minimum Gasteiger partial charge on any atom is -0.303 e. The maximum atomic E-state index is 6.32. The fourth-order valence-electron chi connectivity index (χ4n) is 4.00. The Kier molecular flexibility index (Phi) is 5.20. The highest BCUT2D eigenvalue weighted by atomic mass is 35.5. The van der Waals surface area contributed by atoms with Gasteiger partial charge in [-0.2, -0.15) is 0 Å². The van der Waals surface area contributed by atoms with Gasteiger partial charge in [-0.3, -0.25) is 4.90 Å². The second kappa shape index (κ2) is 7.13. The van der Waals surface area contributed by atoms with Crippen molar-refractivity contribution in [2.24, 2.45) is 0 Å². The van der Waals surface area contributed by atoms with Gasteiger partial charge < -0.3 is 4.90 Å². The third-order valence-corrected chi connectivity index (χ3v) is 5.70. The normalized spacial score (nSPS) is 27.5. The van der Waals surface area contributed by atoms with Gasteiger partial charge in [-0.1, -0.05) is 29.8 Å². The van der Waals surface area contributed by atoms with Crippen molar-refractivity contribution < 1.29 is 0 Å². The Morgan fingerprint density at radius 1 is 1.10 bits per heavy atom. The van der Waals surface area contributed by atoms with Gasteiger partial charge in [0.2, 0.25) is 0 Å². The second-order valence-corrected chi connectivity index (χ2v) is 7.10. The molecule has 2 aliphatic heterocycles. The summed E-state index contributed by atoms with van der Waals surface area (Å²) in [6.45, 7) is 3.81. The van der Waals surface area contributed by atoms with Gasteiger partial charge in [-0.25, -0.2) is 0 Å². The third-order valence-electron chi connectivity index (χ3n) is 5.33. The molecule has 0 amide bonds. The molecule has 1 aromatic carbocycles. The van der Waals surface area contributed by atoms with Crippen LogP contribution in [0.1, 0.15) is 37.7 Å². The zero-order valence-electron chi connectivity index (χ0n) is 13.1. The van der Waals surface area contributed by atoms with Crippen molar-refractivity contribution in [3.05, 3.63) is 34.9 Å². The summed E-state index contributed by atoms with van der Waals surface area (Å²) < 4.78 is 0. The summed E-state index contributed by atoms with van der Waals surface area (Å²) in [7, 11) is 2.28. The molecular weight excluding hydrogens is 280 g/mol. The van der Waals surface area contributed by atoms with E-state index in [1.54, 1.807) is 0 Å². The maximum absolute atomic E-state index is 6.32. The summed E-state index contributed by atoms with van der Waals surface area (Å²) in [5, 5.41) is 0.930. The number of halogens is 1. The first-order chi connectivity index (χ1) is 10.2. The first-order valence-electron chi connectivity index (χ1n) is 8.42. The first-order valence-corrected chi connectivity index (χ1v) is 8.79. The molecular formula is C18H27ClN2. The van der Waals surface area contributed by atoms with Crippen LogP contribution in [0.15, 0.2) is 24.3 Å². The highest BCUT2D eigenvalue weighted by Crippen LogP contribution is 2.26. The van der Waals surface area contributed by atoms with Crippen molar-refractivity contribution in [1.29, 1.82) is 0 Å². The van der Waals surface area contributed by atoms with Crippen molar-refractivity contribution in [2.75, 3.05) is 26.7 Å². The van der Waals surface area contributed by atoms with Crippen molar-refractivity contribution in [3.8, 4) is 0 Å². The smallest absolute Gasteiger partial charge is 0.0438 e. The standard InChI is InChI=1S/C18H27ClN2/c1-20-11-4-7-16(20)10-13-21-12-5-8-17(21)14-15-6-2-3-9-18(15)19/h2-3,6,9,16-17H,4-5,7-8,10-14H2,1H3/t16-,17+/m0/s1. The Labute approximate surface area is 134 Å². The molecule has 0 spiro atoms. The molecule has 2 nitrogen and oxygen atoms in total. The molecule has 0 radical (unpaired) electrons. The van der Waals surface area contributed by atoms with Crippen LogP contribution < -0.4 is 0 Å². The van der Waals surface area contributed by atoms with Gasteiger partial charge in [0.1, 0.15) is 0 Å². The highest BCUT2D eigenvalue weighted by Gasteiger charge is 2.27. The van der Waals surface area contributed by atoms with Crippen LogP contribution in [0.5, 0.6) is 0 Å². The van der Waals surface area contributed by atoms with Gasteiger partial charge in [0, 0.05) is 17.1 Å². The number of hydrogen-bond donors (Lipinski definition) is 0. The van der Waals surface area contributed by atoms with Crippen LogP contribution in [0.25, 0.3) is 0 Å². The lowest BCUT2D eigenvalue weighted by atomic mass is 10.0. The first kappa shape index (κ1) is 15.3. The molecule has 3 heteroatoms. The van der Waals surface area contributed by atoms with Crippen LogP contribution in [0, 0.1) is 0 Å². The molecule has 2 atom stereocenters. The van der Waals surface area contributed by atoms with Crippen LogP contribution in [0.2, 0.25) is 5.02 Å². The zero-order valence-corrected chi connectivity index (χ0v) is 13.9. The van der Waals surface area contributed by atoms with E-state index in [4.69, 9.17) is 11.6 Å². The summed E-state index contributed by atoms with van der Waals surface area (Å²) >= 11 is 6.32.